The highest BCUT2D eigenvalue weighted by Gasteiger charge is 2.13. The lowest BCUT2D eigenvalue weighted by atomic mass is 10.1. The molecule has 1 rings (SSSR count). The molecule has 7 nitrogen and oxygen atoms in total. The largest absolute Gasteiger partial charge is 0.351 e. The molecule has 0 aromatic heterocycles. The first-order valence-corrected chi connectivity index (χ1v) is 7.87. The van der Waals surface area contributed by atoms with Gasteiger partial charge in [0.15, 0.2) is 0 Å². The van der Waals surface area contributed by atoms with Crippen molar-refractivity contribution in [3.63, 3.8) is 0 Å². The third-order valence-corrected chi connectivity index (χ3v) is 4.07. The van der Waals surface area contributed by atoms with Crippen molar-refractivity contribution in [1.82, 2.24) is 10.0 Å². The fourth-order valence-corrected chi connectivity index (χ4v) is 2.61. The third-order valence-electron chi connectivity index (χ3n) is 2.60. The molecule has 0 aliphatic rings. The predicted octanol–water partition coefficient (Wildman–Crippen LogP) is -0.0503. The van der Waals surface area contributed by atoms with Crippen LogP contribution in [0.5, 0.6) is 0 Å². The Morgan fingerprint density at radius 3 is 2.65 bits per heavy atom. The van der Waals surface area contributed by atoms with E-state index < -0.39 is 10.0 Å². The van der Waals surface area contributed by atoms with E-state index in [9.17, 15) is 13.2 Å². The minimum atomic E-state index is -3.34. The highest BCUT2D eigenvalue weighted by molar-refractivity contribution is 7.89. The van der Waals surface area contributed by atoms with Crippen molar-refractivity contribution in [2.75, 3.05) is 24.3 Å². The quantitative estimate of drug-likeness (QED) is 0.416. The van der Waals surface area contributed by atoms with Crippen LogP contribution < -0.4 is 21.3 Å². The monoisotopic (exact) mass is 300 g/mol. The molecule has 0 heterocycles. The molecule has 1 aromatic carbocycles. The van der Waals surface area contributed by atoms with Gasteiger partial charge in [-0.1, -0.05) is 18.6 Å². The fraction of sp³-hybridized carbons (Fsp3) is 0.417. The minimum absolute atomic E-state index is 0.0338. The predicted molar refractivity (Wildman–Crippen MR) is 78.8 cm³/mol. The number of hydrogen-bond donors (Lipinski definition) is 4. The summed E-state index contributed by atoms with van der Waals surface area (Å²) < 4.78 is 25.2. The molecule has 0 saturated carbocycles. The summed E-state index contributed by atoms with van der Waals surface area (Å²) >= 11 is 0. The number of nitrogen functional groups attached to an aromatic ring is 1. The van der Waals surface area contributed by atoms with Gasteiger partial charge < -0.3 is 10.7 Å². The lowest BCUT2D eigenvalue weighted by Crippen LogP contribution is -2.34. The summed E-state index contributed by atoms with van der Waals surface area (Å²) in [6, 6.07) is 5.20. The number of hydrogen-bond acceptors (Lipinski definition) is 5. The summed E-state index contributed by atoms with van der Waals surface area (Å²) in [6.45, 7) is 3.91. The summed E-state index contributed by atoms with van der Waals surface area (Å²) in [6.07, 6.45) is 0. The van der Waals surface area contributed by atoms with Crippen molar-refractivity contribution in [1.29, 1.82) is 0 Å². The van der Waals surface area contributed by atoms with Crippen LogP contribution in [0.25, 0.3) is 0 Å². The van der Waals surface area contributed by atoms with E-state index >= 15 is 0 Å². The van der Waals surface area contributed by atoms with Gasteiger partial charge in [-0.25, -0.2) is 13.1 Å². The van der Waals surface area contributed by atoms with Crippen LogP contribution >= 0.6 is 0 Å². The van der Waals surface area contributed by atoms with Crippen LogP contribution in [0.15, 0.2) is 18.2 Å². The van der Waals surface area contributed by atoms with E-state index in [0.717, 1.165) is 5.56 Å². The second-order valence-corrected chi connectivity index (χ2v) is 6.19. The number of carbonyl (C=O) groups excluding carboxylic acids is 1. The Kier molecular flexibility index (Phi) is 5.93. The number of aryl methyl sites for hydroxylation is 1. The number of benzene rings is 1. The van der Waals surface area contributed by atoms with Crippen LogP contribution in [0.1, 0.15) is 22.8 Å². The van der Waals surface area contributed by atoms with E-state index in [1.807, 2.05) is 13.0 Å². The molecule has 0 spiro atoms. The Bertz CT molecular complexity index is 572. The van der Waals surface area contributed by atoms with Crippen LogP contribution in [0.2, 0.25) is 0 Å². The molecular weight excluding hydrogens is 280 g/mol. The molecule has 0 aliphatic heterocycles. The molecule has 1 aromatic rings. The van der Waals surface area contributed by atoms with Crippen molar-refractivity contribution in [3.05, 3.63) is 29.3 Å². The van der Waals surface area contributed by atoms with E-state index in [4.69, 9.17) is 5.84 Å². The average Bonchev–Trinajstić information content (AvgIpc) is 2.38. The number of rotatable bonds is 7. The van der Waals surface area contributed by atoms with Gasteiger partial charge in [-0.05, 0) is 19.1 Å². The summed E-state index contributed by atoms with van der Waals surface area (Å²) in [5.74, 6) is 4.81. The van der Waals surface area contributed by atoms with Crippen LogP contribution in [-0.2, 0) is 10.0 Å². The number of carbonyl (C=O) groups is 1. The normalized spacial score (nSPS) is 11.2. The number of amides is 1. The molecule has 0 radical (unpaired) electrons. The van der Waals surface area contributed by atoms with Crippen LogP contribution in [-0.4, -0.2) is 33.2 Å². The molecule has 0 bridgehead atoms. The Balaban J connectivity index is 2.66. The topological polar surface area (TPSA) is 113 Å². The Morgan fingerprint density at radius 2 is 2.05 bits per heavy atom. The lowest BCUT2D eigenvalue weighted by molar-refractivity contribution is 0.0957. The van der Waals surface area contributed by atoms with Crippen molar-refractivity contribution >= 4 is 21.6 Å². The van der Waals surface area contributed by atoms with Gasteiger partial charge in [0.2, 0.25) is 10.0 Å². The second-order valence-electron chi connectivity index (χ2n) is 4.27. The SMILES string of the molecule is CCNS(=O)(=O)CCNC(=O)c1cc(C)ccc1NN. The maximum atomic E-state index is 12.0. The summed E-state index contributed by atoms with van der Waals surface area (Å²) in [4.78, 5) is 12.0. The van der Waals surface area contributed by atoms with Gasteiger partial charge in [0, 0.05) is 13.1 Å². The number of hydrazine groups is 1. The van der Waals surface area contributed by atoms with Gasteiger partial charge in [0.05, 0.1) is 17.0 Å². The van der Waals surface area contributed by atoms with E-state index in [-0.39, 0.29) is 18.2 Å². The third kappa shape index (κ3) is 4.80. The first-order valence-electron chi connectivity index (χ1n) is 6.22. The van der Waals surface area contributed by atoms with Gasteiger partial charge in [-0.3, -0.25) is 10.6 Å². The van der Waals surface area contributed by atoms with Crippen molar-refractivity contribution < 1.29 is 13.2 Å². The molecular formula is C12H20N4O3S. The van der Waals surface area contributed by atoms with Crippen LogP contribution in [0, 0.1) is 6.92 Å². The zero-order valence-electron chi connectivity index (χ0n) is 11.6. The van der Waals surface area contributed by atoms with Gasteiger partial charge in [0.25, 0.3) is 5.91 Å². The van der Waals surface area contributed by atoms with E-state index in [1.54, 1.807) is 19.1 Å². The highest BCUT2D eigenvalue weighted by Crippen LogP contribution is 2.15. The van der Waals surface area contributed by atoms with Crippen LogP contribution in [0.4, 0.5) is 5.69 Å². The molecule has 0 fully saturated rings. The zero-order chi connectivity index (χ0) is 15.2. The molecule has 112 valence electrons. The summed E-state index contributed by atoms with van der Waals surface area (Å²) in [5.41, 5.74) is 4.22. The molecule has 0 saturated heterocycles. The minimum Gasteiger partial charge on any atom is -0.351 e. The fourth-order valence-electron chi connectivity index (χ4n) is 1.66. The van der Waals surface area contributed by atoms with E-state index in [0.29, 0.717) is 17.8 Å². The zero-order valence-corrected chi connectivity index (χ0v) is 12.4. The number of anilines is 1. The smallest absolute Gasteiger partial charge is 0.253 e. The molecule has 8 heteroatoms. The number of nitrogens with one attached hydrogen (secondary N) is 3. The summed E-state index contributed by atoms with van der Waals surface area (Å²) in [5, 5.41) is 2.56. The van der Waals surface area contributed by atoms with Gasteiger partial charge in [-0.15, -0.1) is 0 Å². The molecule has 1 amide bonds. The number of nitrogens with two attached hydrogens (primary N) is 1. The lowest BCUT2D eigenvalue weighted by Gasteiger charge is -2.11. The maximum absolute atomic E-state index is 12.0. The van der Waals surface area contributed by atoms with Gasteiger partial charge >= 0.3 is 0 Å². The molecule has 0 atom stereocenters. The average molecular weight is 300 g/mol. The second kappa shape index (κ2) is 7.22. The Labute approximate surface area is 119 Å². The van der Waals surface area contributed by atoms with E-state index in [1.165, 1.54) is 0 Å². The van der Waals surface area contributed by atoms with Crippen molar-refractivity contribution in [3.8, 4) is 0 Å². The Hall–Kier alpha value is -1.64. The molecule has 5 N–H and O–H groups in total. The highest BCUT2D eigenvalue weighted by atomic mass is 32.2. The number of sulfonamides is 1. The van der Waals surface area contributed by atoms with E-state index in [2.05, 4.69) is 15.5 Å². The standard InChI is InChI=1S/C12H20N4O3S/c1-3-15-20(18,19)7-6-14-12(17)10-8-9(2)4-5-11(10)16-13/h4-5,8,15-16H,3,6-7,13H2,1-2H3,(H,14,17). The molecule has 0 unspecified atom stereocenters. The van der Waals surface area contributed by atoms with Gasteiger partial charge in [0.1, 0.15) is 0 Å². The van der Waals surface area contributed by atoms with Crippen molar-refractivity contribution in [2.24, 2.45) is 5.84 Å². The van der Waals surface area contributed by atoms with Crippen molar-refractivity contribution in [2.45, 2.75) is 13.8 Å². The van der Waals surface area contributed by atoms with Crippen LogP contribution in [0.3, 0.4) is 0 Å². The molecule has 20 heavy (non-hydrogen) atoms. The Morgan fingerprint density at radius 1 is 1.35 bits per heavy atom. The molecule has 0 aliphatic carbocycles. The summed E-state index contributed by atoms with van der Waals surface area (Å²) in [7, 11) is -3.34. The first kappa shape index (κ1) is 16.4. The maximum Gasteiger partial charge on any atom is 0.253 e. The first-order chi connectivity index (χ1) is 9.39. The van der Waals surface area contributed by atoms with Gasteiger partial charge in [-0.2, -0.15) is 0 Å².